The number of thiazole rings is 1. The number of nitrogens with zero attached hydrogens (tertiary/aromatic N) is 3. The number of ether oxygens (including phenoxy) is 2. The molecule has 3 N–H and O–H groups in total. The zero-order valence-electron chi connectivity index (χ0n) is 19.8. The number of aromatic nitrogens is 2. The Kier molecular flexibility index (Phi) is 7.41. The third-order valence-electron chi connectivity index (χ3n) is 5.20. The normalized spacial score (nSPS) is 14.5. The van der Waals surface area contributed by atoms with Gasteiger partial charge in [-0.1, -0.05) is 17.4 Å². The number of rotatable bonds is 5. The fourth-order valence-corrected chi connectivity index (χ4v) is 5.03. The van der Waals surface area contributed by atoms with Crippen molar-refractivity contribution in [2.24, 2.45) is 0 Å². The van der Waals surface area contributed by atoms with E-state index in [-0.39, 0.29) is 33.5 Å². The number of hydrogen-bond acceptors (Lipinski definition) is 9. The average Bonchev–Trinajstić information content (AvgIpc) is 3.39. The first-order chi connectivity index (χ1) is 17.0. The zero-order chi connectivity index (χ0) is 26.0. The van der Waals surface area contributed by atoms with Crippen molar-refractivity contribution in [3.8, 4) is 15.6 Å². The minimum Gasteiger partial charge on any atom is -0.478 e. The van der Waals surface area contributed by atoms with Gasteiger partial charge in [0.15, 0.2) is 5.69 Å². The van der Waals surface area contributed by atoms with Crippen LogP contribution in [0.5, 0.6) is 5.06 Å². The standard InChI is InChI=1S/C23H25F2N5O4S2/c1-23(2,3)34-22(32)30-9-7-12(8-10-30)33-21-15(11-27-36-21)28-19(31)17-18(26)35-20(29-17)16-13(24)5-4-6-14(16)25/h4-6,11-12H,7-10,26H2,1-3H3,(H,28,31). The van der Waals surface area contributed by atoms with E-state index in [2.05, 4.69) is 14.7 Å². The van der Waals surface area contributed by atoms with Gasteiger partial charge in [0.05, 0.1) is 11.8 Å². The van der Waals surface area contributed by atoms with E-state index in [1.807, 2.05) is 20.8 Å². The molecule has 0 unspecified atom stereocenters. The first-order valence-corrected chi connectivity index (χ1v) is 12.7. The first kappa shape index (κ1) is 25.8. The van der Waals surface area contributed by atoms with Crippen LogP contribution in [0.2, 0.25) is 0 Å². The van der Waals surface area contributed by atoms with E-state index in [9.17, 15) is 18.4 Å². The maximum Gasteiger partial charge on any atom is 0.410 e. The van der Waals surface area contributed by atoms with E-state index in [4.69, 9.17) is 15.2 Å². The molecule has 2 amide bonds. The molecule has 0 atom stereocenters. The number of nitrogens with two attached hydrogens (primary N) is 1. The molecule has 1 aliphatic rings. The lowest BCUT2D eigenvalue weighted by atomic mass is 10.1. The Balaban J connectivity index is 1.39. The van der Waals surface area contributed by atoms with Crippen molar-refractivity contribution in [3.05, 3.63) is 41.7 Å². The minimum absolute atomic E-state index is 0.0188. The van der Waals surface area contributed by atoms with Gasteiger partial charge in [0.25, 0.3) is 5.91 Å². The Labute approximate surface area is 214 Å². The van der Waals surface area contributed by atoms with Crippen LogP contribution in [0.25, 0.3) is 10.6 Å². The summed E-state index contributed by atoms with van der Waals surface area (Å²) < 4.78 is 43.8. The van der Waals surface area contributed by atoms with E-state index >= 15 is 0 Å². The fourth-order valence-electron chi connectivity index (χ4n) is 3.52. The molecule has 192 valence electrons. The Morgan fingerprint density at radius 3 is 2.50 bits per heavy atom. The molecule has 4 rings (SSSR count). The average molecular weight is 538 g/mol. The van der Waals surface area contributed by atoms with Crippen LogP contribution < -0.4 is 15.8 Å². The van der Waals surface area contributed by atoms with Crippen LogP contribution in [-0.4, -0.2) is 51.1 Å². The molecule has 0 saturated carbocycles. The van der Waals surface area contributed by atoms with Crippen LogP contribution in [0.15, 0.2) is 24.4 Å². The van der Waals surface area contributed by atoms with Crippen molar-refractivity contribution >= 4 is 45.6 Å². The third kappa shape index (κ3) is 5.90. The molecule has 9 nitrogen and oxygen atoms in total. The lowest BCUT2D eigenvalue weighted by molar-refractivity contribution is 0.0129. The highest BCUT2D eigenvalue weighted by molar-refractivity contribution is 7.19. The van der Waals surface area contributed by atoms with Crippen molar-refractivity contribution in [1.29, 1.82) is 0 Å². The van der Waals surface area contributed by atoms with E-state index < -0.39 is 23.1 Å². The quantitative estimate of drug-likeness (QED) is 0.461. The number of nitrogen functional groups attached to an aromatic ring is 1. The number of piperidine rings is 1. The summed E-state index contributed by atoms with van der Waals surface area (Å²) in [5.41, 5.74) is 5.20. The maximum absolute atomic E-state index is 14.1. The molecular weight excluding hydrogens is 512 g/mol. The van der Waals surface area contributed by atoms with Crippen molar-refractivity contribution in [2.45, 2.75) is 45.3 Å². The number of carbonyl (C=O) groups excluding carboxylic acids is 2. The zero-order valence-corrected chi connectivity index (χ0v) is 21.5. The molecule has 0 spiro atoms. The predicted molar refractivity (Wildman–Crippen MR) is 133 cm³/mol. The SMILES string of the molecule is CC(C)(C)OC(=O)N1CCC(Oc2sncc2NC(=O)c2nc(-c3c(F)cccc3F)sc2N)CC1. The number of amides is 2. The first-order valence-electron chi connectivity index (χ1n) is 11.1. The number of halogens is 2. The molecule has 0 aliphatic carbocycles. The van der Waals surface area contributed by atoms with Gasteiger partial charge in [0.2, 0.25) is 5.06 Å². The second-order valence-corrected chi connectivity index (χ2v) is 10.9. The summed E-state index contributed by atoms with van der Waals surface area (Å²) in [6.07, 6.45) is 2.07. The second kappa shape index (κ2) is 10.3. The monoisotopic (exact) mass is 537 g/mol. The topological polar surface area (TPSA) is 120 Å². The van der Waals surface area contributed by atoms with Crippen molar-refractivity contribution in [2.75, 3.05) is 24.1 Å². The van der Waals surface area contributed by atoms with Crippen LogP contribution >= 0.6 is 22.9 Å². The van der Waals surface area contributed by atoms with Gasteiger partial charge in [-0.3, -0.25) is 4.79 Å². The van der Waals surface area contributed by atoms with Gasteiger partial charge in [-0.15, -0.1) is 0 Å². The smallest absolute Gasteiger partial charge is 0.410 e. The largest absolute Gasteiger partial charge is 0.478 e. The Hall–Kier alpha value is -3.32. The molecule has 1 aliphatic heterocycles. The molecule has 1 fully saturated rings. The minimum atomic E-state index is -0.800. The van der Waals surface area contributed by atoms with Gasteiger partial charge in [-0.05, 0) is 32.9 Å². The number of carbonyl (C=O) groups is 2. The summed E-state index contributed by atoms with van der Waals surface area (Å²) in [7, 11) is 0. The van der Waals surface area contributed by atoms with E-state index in [0.717, 1.165) is 35.0 Å². The van der Waals surface area contributed by atoms with Crippen LogP contribution in [0.1, 0.15) is 44.1 Å². The molecule has 2 aromatic heterocycles. The number of hydrogen-bond donors (Lipinski definition) is 2. The van der Waals surface area contributed by atoms with Gasteiger partial charge in [0, 0.05) is 37.5 Å². The van der Waals surface area contributed by atoms with Gasteiger partial charge < -0.3 is 25.4 Å². The highest BCUT2D eigenvalue weighted by Gasteiger charge is 2.29. The molecule has 0 bridgehead atoms. The summed E-state index contributed by atoms with van der Waals surface area (Å²) in [6, 6.07) is 3.45. The Bertz CT molecular complexity index is 1250. The molecule has 3 heterocycles. The van der Waals surface area contributed by atoms with Crippen LogP contribution in [0.4, 0.5) is 24.3 Å². The summed E-state index contributed by atoms with van der Waals surface area (Å²) in [4.78, 5) is 30.8. The summed E-state index contributed by atoms with van der Waals surface area (Å²) >= 11 is 1.88. The van der Waals surface area contributed by atoms with E-state index in [1.165, 1.54) is 12.3 Å². The second-order valence-electron chi connectivity index (χ2n) is 9.09. The van der Waals surface area contributed by atoms with Crippen LogP contribution in [0, 0.1) is 11.6 Å². The van der Waals surface area contributed by atoms with E-state index in [1.54, 1.807) is 4.90 Å². The number of likely N-dealkylation sites (tertiary alicyclic amines) is 1. The highest BCUT2D eigenvalue weighted by Crippen LogP contribution is 2.35. The maximum atomic E-state index is 14.1. The molecule has 13 heteroatoms. The lowest BCUT2D eigenvalue weighted by Crippen LogP contribution is -2.44. The summed E-state index contributed by atoms with van der Waals surface area (Å²) in [5.74, 6) is -2.26. The molecule has 0 radical (unpaired) electrons. The Morgan fingerprint density at radius 1 is 1.19 bits per heavy atom. The lowest BCUT2D eigenvalue weighted by Gasteiger charge is -2.33. The van der Waals surface area contributed by atoms with Crippen molar-refractivity contribution in [3.63, 3.8) is 0 Å². The number of nitrogens with one attached hydrogen (secondary N) is 1. The highest BCUT2D eigenvalue weighted by atomic mass is 32.1. The Morgan fingerprint density at radius 2 is 1.86 bits per heavy atom. The van der Waals surface area contributed by atoms with Crippen molar-refractivity contribution < 1.29 is 27.8 Å². The molecular formula is C23H25F2N5O4S2. The van der Waals surface area contributed by atoms with Crippen molar-refractivity contribution in [1.82, 2.24) is 14.3 Å². The van der Waals surface area contributed by atoms with Crippen LogP contribution in [0.3, 0.4) is 0 Å². The van der Waals surface area contributed by atoms with Crippen LogP contribution in [-0.2, 0) is 4.74 Å². The molecule has 36 heavy (non-hydrogen) atoms. The van der Waals surface area contributed by atoms with E-state index in [0.29, 0.717) is 36.7 Å². The van der Waals surface area contributed by atoms with Gasteiger partial charge in [0.1, 0.15) is 39.0 Å². The fraction of sp³-hybridized carbons (Fsp3) is 0.391. The summed E-state index contributed by atoms with van der Waals surface area (Å²) in [6.45, 7) is 6.41. The molecule has 1 saturated heterocycles. The predicted octanol–water partition coefficient (Wildman–Crippen LogP) is 5.16. The summed E-state index contributed by atoms with van der Waals surface area (Å²) in [5, 5.41) is 3.04. The number of anilines is 2. The third-order valence-corrected chi connectivity index (χ3v) is 6.79. The van der Waals surface area contributed by atoms with Gasteiger partial charge >= 0.3 is 6.09 Å². The number of benzene rings is 1. The van der Waals surface area contributed by atoms with Gasteiger partial charge in [-0.2, -0.15) is 4.37 Å². The molecule has 3 aromatic rings. The molecule has 1 aromatic carbocycles. The van der Waals surface area contributed by atoms with Gasteiger partial charge in [-0.25, -0.2) is 18.6 Å².